The Balaban J connectivity index is 1.80. The molecule has 0 unspecified atom stereocenters. The van der Waals surface area contributed by atoms with Crippen molar-refractivity contribution in [1.82, 2.24) is 4.90 Å². The SMILES string of the molecule is CN1CC(COc2cccc(N)c2)C1. The number of benzene rings is 1. The molecule has 2 N–H and O–H groups in total. The predicted octanol–water partition coefficient (Wildman–Crippen LogP) is 1.21. The van der Waals surface area contributed by atoms with Crippen LogP contribution in [0.4, 0.5) is 5.69 Å². The van der Waals surface area contributed by atoms with Crippen LogP contribution in [-0.2, 0) is 0 Å². The van der Waals surface area contributed by atoms with Crippen molar-refractivity contribution in [2.45, 2.75) is 0 Å². The maximum absolute atomic E-state index is 5.65. The molecule has 14 heavy (non-hydrogen) atoms. The van der Waals surface area contributed by atoms with Gasteiger partial charge in [0.25, 0.3) is 0 Å². The minimum Gasteiger partial charge on any atom is -0.493 e. The number of hydrogen-bond donors (Lipinski definition) is 1. The standard InChI is InChI=1S/C11H16N2O/c1-13-6-9(7-13)8-14-11-4-2-3-10(12)5-11/h2-5,9H,6-8,12H2,1H3. The number of rotatable bonds is 3. The first-order chi connectivity index (χ1) is 6.74. The molecular formula is C11H16N2O. The van der Waals surface area contributed by atoms with Gasteiger partial charge in [0.1, 0.15) is 5.75 Å². The fraction of sp³-hybridized carbons (Fsp3) is 0.455. The van der Waals surface area contributed by atoms with Crippen LogP contribution >= 0.6 is 0 Å². The van der Waals surface area contributed by atoms with Gasteiger partial charge in [-0.05, 0) is 19.2 Å². The Morgan fingerprint density at radius 3 is 2.93 bits per heavy atom. The highest BCUT2D eigenvalue weighted by atomic mass is 16.5. The summed E-state index contributed by atoms with van der Waals surface area (Å²) in [6, 6.07) is 7.59. The van der Waals surface area contributed by atoms with Gasteiger partial charge in [0, 0.05) is 30.8 Å². The summed E-state index contributed by atoms with van der Waals surface area (Å²) in [5.74, 6) is 1.56. The second-order valence-corrected chi connectivity index (χ2v) is 3.97. The van der Waals surface area contributed by atoms with E-state index in [4.69, 9.17) is 10.5 Å². The summed E-state index contributed by atoms with van der Waals surface area (Å²) < 4.78 is 5.63. The van der Waals surface area contributed by atoms with Crippen LogP contribution in [0.5, 0.6) is 5.75 Å². The molecular weight excluding hydrogens is 176 g/mol. The average molecular weight is 192 g/mol. The van der Waals surface area contributed by atoms with Crippen LogP contribution in [0.2, 0.25) is 0 Å². The van der Waals surface area contributed by atoms with Gasteiger partial charge in [0.15, 0.2) is 0 Å². The molecule has 1 saturated heterocycles. The summed E-state index contributed by atoms with van der Waals surface area (Å²) in [5, 5.41) is 0. The average Bonchev–Trinajstić information content (AvgIpc) is 2.11. The number of nitrogen functional groups attached to an aromatic ring is 1. The van der Waals surface area contributed by atoms with Crippen LogP contribution in [-0.4, -0.2) is 31.6 Å². The molecule has 0 bridgehead atoms. The van der Waals surface area contributed by atoms with E-state index in [1.165, 1.54) is 0 Å². The van der Waals surface area contributed by atoms with E-state index in [9.17, 15) is 0 Å². The van der Waals surface area contributed by atoms with Crippen molar-refractivity contribution in [3.05, 3.63) is 24.3 Å². The third kappa shape index (κ3) is 2.17. The van der Waals surface area contributed by atoms with Gasteiger partial charge in [0.05, 0.1) is 6.61 Å². The Morgan fingerprint density at radius 2 is 2.29 bits per heavy atom. The Labute approximate surface area is 84.5 Å². The van der Waals surface area contributed by atoms with Crippen LogP contribution < -0.4 is 10.5 Å². The smallest absolute Gasteiger partial charge is 0.121 e. The molecule has 0 amide bonds. The van der Waals surface area contributed by atoms with Gasteiger partial charge in [-0.2, -0.15) is 0 Å². The Bertz CT molecular complexity index is 308. The summed E-state index contributed by atoms with van der Waals surface area (Å²) in [6.07, 6.45) is 0. The number of ether oxygens (including phenoxy) is 1. The number of nitrogens with zero attached hydrogens (tertiary/aromatic N) is 1. The summed E-state index contributed by atoms with van der Waals surface area (Å²) in [4.78, 5) is 2.29. The molecule has 1 fully saturated rings. The van der Waals surface area contributed by atoms with Crippen molar-refractivity contribution in [1.29, 1.82) is 0 Å². The van der Waals surface area contributed by atoms with Gasteiger partial charge in [-0.15, -0.1) is 0 Å². The lowest BCUT2D eigenvalue weighted by atomic mass is 10.0. The normalized spacial score (nSPS) is 17.8. The first-order valence-corrected chi connectivity index (χ1v) is 4.91. The highest BCUT2D eigenvalue weighted by Gasteiger charge is 2.23. The van der Waals surface area contributed by atoms with E-state index in [-0.39, 0.29) is 0 Å². The lowest BCUT2D eigenvalue weighted by Crippen LogP contribution is -2.46. The summed E-state index contributed by atoms with van der Waals surface area (Å²) in [7, 11) is 2.12. The van der Waals surface area contributed by atoms with E-state index in [1.807, 2.05) is 24.3 Å². The van der Waals surface area contributed by atoms with E-state index in [1.54, 1.807) is 0 Å². The third-order valence-corrected chi connectivity index (χ3v) is 2.48. The predicted molar refractivity (Wildman–Crippen MR) is 57.3 cm³/mol. The minimum atomic E-state index is 0.682. The van der Waals surface area contributed by atoms with E-state index < -0.39 is 0 Å². The molecule has 1 heterocycles. The summed E-state index contributed by atoms with van der Waals surface area (Å²) >= 11 is 0. The lowest BCUT2D eigenvalue weighted by molar-refractivity contribution is 0.0858. The summed E-state index contributed by atoms with van der Waals surface area (Å²) in [5.41, 5.74) is 6.40. The van der Waals surface area contributed by atoms with E-state index in [2.05, 4.69) is 11.9 Å². The van der Waals surface area contributed by atoms with Crippen LogP contribution in [0.15, 0.2) is 24.3 Å². The number of nitrogens with two attached hydrogens (primary N) is 1. The zero-order chi connectivity index (χ0) is 9.97. The zero-order valence-corrected chi connectivity index (χ0v) is 8.44. The molecule has 0 aromatic heterocycles. The van der Waals surface area contributed by atoms with Crippen LogP contribution in [0, 0.1) is 5.92 Å². The molecule has 0 radical (unpaired) electrons. The molecule has 1 aromatic rings. The second-order valence-electron chi connectivity index (χ2n) is 3.97. The highest BCUT2D eigenvalue weighted by Crippen LogP contribution is 2.18. The van der Waals surface area contributed by atoms with Crippen LogP contribution in [0.3, 0.4) is 0 Å². The highest BCUT2D eigenvalue weighted by molar-refractivity contribution is 5.43. The molecule has 0 saturated carbocycles. The monoisotopic (exact) mass is 192 g/mol. The van der Waals surface area contributed by atoms with E-state index in [0.717, 1.165) is 31.1 Å². The molecule has 76 valence electrons. The fourth-order valence-corrected chi connectivity index (χ4v) is 1.75. The molecule has 3 nitrogen and oxygen atoms in total. The van der Waals surface area contributed by atoms with Crippen molar-refractivity contribution in [2.24, 2.45) is 5.92 Å². The zero-order valence-electron chi connectivity index (χ0n) is 8.44. The van der Waals surface area contributed by atoms with Crippen LogP contribution in [0.25, 0.3) is 0 Å². The molecule has 3 heteroatoms. The van der Waals surface area contributed by atoms with E-state index in [0.29, 0.717) is 5.92 Å². The molecule has 2 rings (SSSR count). The quantitative estimate of drug-likeness (QED) is 0.731. The van der Waals surface area contributed by atoms with Crippen LogP contribution in [0.1, 0.15) is 0 Å². The van der Waals surface area contributed by atoms with Gasteiger partial charge < -0.3 is 15.4 Å². The first-order valence-electron chi connectivity index (χ1n) is 4.91. The van der Waals surface area contributed by atoms with Gasteiger partial charge in [0.2, 0.25) is 0 Å². The molecule has 0 atom stereocenters. The number of likely N-dealkylation sites (tertiary alicyclic amines) is 1. The van der Waals surface area contributed by atoms with Crippen molar-refractivity contribution >= 4 is 5.69 Å². The van der Waals surface area contributed by atoms with Gasteiger partial charge in [-0.25, -0.2) is 0 Å². The molecule has 0 spiro atoms. The molecule has 0 aliphatic carbocycles. The number of anilines is 1. The first kappa shape index (κ1) is 9.34. The lowest BCUT2D eigenvalue weighted by Gasteiger charge is -2.35. The Morgan fingerprint density at radius 1 is 1.50 bits per heavy atom. The molecule has 1 aliphatic rings. The molecule has 1 aromatic carbocycles. The molecule has 1 aliphatic heterocycles. The van der Waals surface area contributed by atoms with Gasteiger partial charge in [-0.3, -0.25) is 0 Å². The van der Waals surface area contributed by atoms with E-state index >= 15 is 0 Å². The maximum atomic E-state index is 5.65. The topological polar surface area (TPSA) is 38.5 Å². The van der Waals surface area contributed by atoms with Gasteiger partial charge in [-0.1, -0.05) is 6.07 Å². The van der Waals surface area contributed by atoms with Crippen molar-refractivity contribution in [2.75, 3.05) is 32.5 Å². The second kappa shape index (κ2) is 3.88. The Kier molecular flexibility index (Phi) is 2.59. The fourth-order valence-electron chi connectivity index (χ4n) is 1.75. The minimum absolute atomic E-state index is 0.682. The van der Waals surface area contributed by atoms with Gasteiger partial charge >= 0.3 is 0 Å². The maximum Gasteiger partial charge on any atom is 0.121 e. The van der Waals surface area contributed by atoms with Crippen molar-refractivity contribution < 1.29 is 4.74 Å². The van der Waals surface area contributed by atoms with Crippen molar-refractivity contribution in [3.63, 3.8) is 0 Å². The number of hydrogen-bond acceptors (Lipinski definition) is 3. The largest absolute Gasteiger partial charge is 0.493 e. The summed E-state index contributed by atoms with van der Waals surface area (Å²) in [6.45, 7) is 3.08. The third-order valence-electron chi connectivity index (χ3n) is 2.48. The van der Waals surface area contributed by atoms with Crippen molar-refractivity contribution in [3.8, 4) is 5.75 Å². The Hall–Kier alpha value is -1.22.